The zero-order valence-electron chi connectivity index (χ0n) is 7.90. The van der Waals surface area contributed by atoms with Crippen molar-refractivity contribution in [3.8, 4) is 6.07 Å². The van der Waals surface area contributed by atoms with E-state index in [1.165, 1.54) is 27.7 Å². The summed E-state index contributed by atoms with van der Waals surface area (Å²) in [7, 11) is 0. The van der Waals surface area contributed by atoms with Gasteiger partial charge in [-0.15, -0.1) is 0 Å². The Hall–Kier alpha value is -1.50. The van der Waals surface area contributed by atoms with E-state index in [1.807, 2.05) is 0 Å². The van der Waals surface area contributed by atoms with Gasteiger partial charge in [-0.2, -0.15) is 5.26 Å². The van der Waals surface area contributed by atoms with Crippen LogP contribution < -0.4 is 0 Å². The highest BCUT2D eigenvalue weighted by atomic mass is 16.1. The van der Waals surface area contributed by atoms with Gasteiger partial charge in [-0.3, -0.25) is 0 Å². The van der Waals surface area contributed by atoms with E-state index < -0.39 is 0 Å². The van der Waals surface area contributed by atoms with Crippen molar-refractivity contribution in [3.63, 3.8) is 0 Å². The number of hydrogen-bond donors (Lipinski definition) is 0. The lowest BCUT2D eigenvalue weighted by Crippen LogP contribution is -1.36. The lowest BCUT2D eigenvalue weighted by Gasteiger charge is -1.24. The first-order valence-electron chi connectivity index (χ1n) is 3.16. The Morgan fingerprint density at radius 3 is 0.917 bits per heavy atom. The molecule has 0 aliphatic heterocycles. The molecule has 0 amide bonds. The van der Waals surface area contributed by atoms with Crippen molar-refractivity contribution in [1.29, 1.82) is 5.26 Å². The number of carbonyl (C=O) groups is 3. The van der Waals surface area contributed by atoms with Crippen molar-refractivity contribution < 1.29 is 14.4 Å². The van der Waals surface area contributed by atoms with Gasteiger partial charge in [0.15, 0.2) is 0 Å². The van der Waals surface area contributed by atoms with Gasteiger partial charge in [-0.25, -0.2) is 0 Å². The van der Waals surface area contributed by atoms with Gasteiger partial charge < -0.3 is 14.4 Å². The Morgan fingerprint density at radius 1 is 0.917 bits per heavy atom. The molecule has 0 aliphatic rings. The van der Waals surface area contributed by atoms with Crippen molar-refractivity contribution >= 4 is 18.9 Å². The maximum atomic E-state index is 8.81. The fourth-order valence-electron chi connectivity index (χ4n) is 0. The molecule has 0 unspecified atom stereocenters. The van der Waals surface area contributed by atoms with E-state index in [4.69, 9.17) is 19.6 Å². The van der Waals surface area contributed by atoms with Gasteiger partial charge in [0.1, 0.15) is 18.9 Å². The third kappa shape index (κ3) is 212. The summed E-state index contributed by atoms with van der Waals surface area (Å²) in [6, 6.07) is 1.75. The lowest BCUT2D eigenvalue weighted by molar-refractivity contribution is -0.106. The predicted octanol–water partition coefficient (Wildman–Crippen LogP) is 1.15. The Balaban J connectivity index is -0.0000000356. The van der Waals surface area contributed by atoms with Gasteiger partial charge in [0.05, 0.1) is 6.07 Å². The summed E-state index contributed by atoms with van der Waals surface area (Å²) in [6.07, 6.45) is 2.25. The number of rotatable bonds is 0. The quantitative estimate of drug-likeness (QED) is 0.515. The molecule has 0 saturated carbocycles. The molecule has 0 spiro atoms. The maximum Gasteiger partial charge on any atom is 0.116 e. The second-order valence-corrected chi connectivity index (χ2v) is 0.931. The first-order chi connectivity index (χ1) is 5.66. The largest absolute Gasteiger partial charge is 0.304 e. The average molecular weight is 173 g/mol. The summed E-state index contributed by atoms with van der Waals surface area (Å²) < 4.78 is 0. The van der Waals surface area contributed by atoms with E-state index in [0.717, 1.165) is 18.9 Å². The summed E-state index contributed by atoms with van der Waals surface area (Å²) in [5.41, 5.74) is 0. The van der Waals surface area contributed by atoms with Gasteiger partial charge in [0.25, 0.3) is 0 Å². The maximum absolute atomic E-state index is 8.81. The van der Waals surface area contributed by atoms with Crippen LogP contribution in [0.25, 0.3) is 0 Å². The van der Waals surface area contributed by atoms with Crippen LogP contribution in [0.1, 0.15) is 27.7 Å². The third-order valence-electron chi connectivity index (χ3n) is 0. The predicted molar refractivity (Wildman–Crippen MR) is 46.5 cm³/mol. The fraction of sp³-hybridized carbons (Fsp3) is 0.500. The van der Waals surface area contributed by atoms with Crippen molar-refractivity contribution in [3.05, 3.63) is 0 Å². The fourth-order valence-corrected chi connectivity index (χ4v) is 0. The van der Waals surface area contributed by atoms with Crippen LogP contribution >= 0.6 is 0 Å². The normalized spacial score (nSPS) is 3.92. The second kappa shape index (κ2) is 110. The van der Waals surface area contributed by atoms with E-state index in [-0.39, 0.29) is 0 Å². The molecule has 70 valence electrons. The van der Waals surface area contributed by atoms with Crippen LogP contribution in [-0.4, -0.2) is 18.9 Å². The molecule has 0 rings (SSSR count). The lowest BCUT2D eigenvalue weighted by atomic mass is 11.0. The number of nitriles is 1. The second-order valence-electron chi connectivity index (χ2n) is 0.931. The van der Waals surface area contributed by atoms with Crippen molar-refractivity contribution in [2.75, 3.05) is 0 Å². The highest BCUT2D eigenvalue weighted by Crippen LogP contribution is 1.21. The molecule has 0 aliphatic carbocycles. The summed E-state index contributed by atoms with van der Waals surface area (Å²) in [5, 5.41) is 7.32. The highest BCUT2D eigenvalue weighted by molar-refractivity contribution is 5.44. The number of carbonyl (C=O) groups excluding carboxylic acids is 3. The Kier molecular flexibility index (Phi) is 205. The summed E-state index contributed by atoms with van der Waals surface area (Å²) in [6.45, 7) is 5.76. The molecule has 4 nitrogen and oxygen atoms in total. The smallest absolute Gasteiger partial charge is 0.116 e. The number of aldehydes is 3. The first-order valence-corrected chi connectivity index (χ1v) is 3.16. The standard InChI is InChI=1S/C2H3N.3C2H4O/c4*1-2-3/h1H3;3*2H,1H3. The van der Waals surface area contributed by atoms with Crippen molar-refractivity contribution in [2.45, 2.75) is 27.7 Å². The van der Waals surface area contributed by atoms with Gasteiger partial charge in [-0.1, -0.05) is 0 Å². The minimum atomic E-state index is 0.750. The molecule has 0 aromatic carbocycles. The molecule has 0 fully saturated rings. The van der Waals surface area contributed by atoms with Gasteiger partial charge >= 0.3 is 0 Å². The molecular formula is C8H15NO3. The van der Waals surface area contributed by atoms with Crippen LogP contribution in [-0.2, 0) is 14.4 Å². The number of nitrogens with zero attached hydrogens (tertiary/aromatic N) is 1. The molecular weight excluding hydrogens is 158 g/mol. The van der Waals surface area contributed by atoms with Crippen LogP contribution in [0, 0.1) is 11.3 Å². The summed E-state index contributed by atoms with van der Waals surface area (Å²) >= 11 is 0. The van der Waals surface area contributed by atoms with E-state index in [2.05, 4.69) is 0 Å². The Morgan fingerprint density at radius 2 is 0.917 bits per heavy atom. The average Bonchev–Trinajstić information content (AvgIpc) is 1.92. The third-order valence-corrected chi connectivity index (χ3v) is 0. The molecule has 0 aromatic rings. The highest BCUT2D eigenvalue weighted by Gasteiger charge is 1.25. The monoisotopic (exact) mass is 173 g/mol. The Bertz CT molecular complexity index is 102. The molecule has 0 N–H and O–H groups in total. The molecule has 0 heterocycles. The SMILES string of the molecule is CC#N.CC=O.CC=O.CC=O. The Labute approximate surface area is 73.2 Å². The number of hydrogen-bond acceptors (Lipinski definition) is 4. The molecule has 4 heteroatoms. The van der Waals surface area contributed by atoms with Crippen molar-refractivity contribution in [1.82, 2.24) is 0 Å². The van der Waals surface area contributed by atoms with Crippen molar-refractivity contribution in [2.24, 2.45) is 0 Å². The molecule has 0 atom stereocenters. The minimum absolute atomic E-state index is 0.750. The molecule has 0 saturated heterocycles. The first kappa shape index (κ1) is 22.4. The van der Waals surface area contributed by atoms with Gasteiger partial charge in [0.2, 0.25) is 0 Å². The minimum Gasteiger partial charge on any atom is -0.304 e. The van der Waals surface area contributed by atoms with Crippen LogP contribution in [0.5, 0.6) is 0 Å². The van der Waals surface area contributed by atoms with E-state index in [9.17, 15) is 0 Å². The summed E-state index contributed by atoms with van der Waals surface area (Å²) in [4.78, 5) is 26.4. The van der Waals surface area contributed by atoms with Crippen LogP contribution in [0.15, 0.2) is 0 Å². The molecule has 0 radical (unpaired) electrons. The van der Waals surface area contributed by atoms with E-state index in [1.54, 1.807) is 6.07 Å². The van der Waals surface area contributed by atoms with Gasteiger partial charge in [0, 0.05) is 6.92 Å². The van der Waals surface area contributed by atoms with Gasteiger partial charge in [-0.05, 0) is 20.8 Å². The molecule has 0 aromatic heterocycles. The van der Waals surface area contributed by atoms with E-state index in [0.29, 0.717) is 0 Å². The van der Waals surface area contributed by atoms with Crippen LogP contribution in [0.3, 0.4) is 0 Å². The molecule has 0 bridgehead atoms. The summed E-state index contributed by atoms with van der Waals surface area (Å²) in [5.74, 6) is 0. The topological polar surface area (TPSA) is 75.0 Å². The van der Waals surface area contributed by atoms with E-state index >= 15 is 0 Å². The molecule has 12 heavy (non-hydrogen) atoms. The zero-order chi connectivity index (χ0) is 10.8. The van der Waals surface area contributed by atoms with Crippen LogP contribution in [0.4, 0.5) is 0 Å². The zero-order valence-corrected chi connectivity index (χ0v) is 7.90. The van der Waals surface area contributed by atoms with Crippen LogP contribution in [0.2, 0.25) is 0 Å².